The monoisotopic (exact) mass is 323 g/mol. The molecular weight excluding hydrogens is 302 g/mol. The number of rotatable bonds is 4. The number of esters is 1. The number of carbonyl (C=O) groups excluding carboxylic acids is 1. The number of aryl methyl sites for hydroxylation is 3. The van der Waals surface area contributed by atoms with Crippen LogP contribution in [0.5, 0.6) is 0 Å². The molecule has 0 saturated heterocycles. The molecule has 0 N–H and O–H groups in total. The van der Waals surface area contributed by atoms with Crippen LogP contribution in [0.1, 0.15) is 29.4 Å². The maximum atomic E-state index is 11.8. The molecule has 0 unspecified atom stereocenters. The Morgan fingerprint density at radius 1 is 1.17 bits per heavy atom. The van der Waals surface area contributed by atoms with Crippen molar-refractivity contribution in [1.82, 2.24) is 14.6 Å². The van der Waals surface area contributed by atoms with Crippen LogP contribution in [0.25, 0.3) is 16.9 Å². The van der Waals surface area contributed by atoms with Crippen molar-refractivity contribution in [3.63, 3.8) is 0 Å². The molecule has 0 aliphatic heterocycles. The van der Waals surface area contributed by atoms with Gasteiger partial charge in [-0.25, -0.2) is 9.50 Å². The zero-order valence-corrected chi connectivity index (χ0v) is 14.5. The zero-order valence-electron chi connectivity index (χ0n) is 14.5. The van der Waals surface area contributed by atoms with Gasteiger partial charge >= 0.3 is 5.97 Å². The van der Waals surface area contributed by atoms with Crippen LogP contribution in [-0.2, 0) is 16.0 Å². The van der Waals surface area contributed by atoms with Gasteiger partial charge in [0, 0.05) is 28.6 Å². The minimum Gasteiger partial charge on any atom is -0.466 e. The van der Waals surface area contributed by atoms with Crippen molar-refractivity contribution in [3.05, 3.63) is 52.8 Å². The van der Waals surface area contributed by atoms with Gasteiger partial charge in [0.25, 0.3) is 0 Å². The summed E-state index contributed by atoms with van der Waals surface area (Å²) < 4.78 is 6.86. The number of hydrogen-bond acceptors (Lipinski definition) is 4. The van der Waals surface area contributed by atoms with Gasteiger partial charge in [0.15, 0.2) is 5.65 Å². The van der Waals surface area contributed by atoms with Crippen LogP contribution in [0.2, 0.25) is 0 Å². The number of hydrogen-bond donors (Lipinski definition) is 0. The lowest BCUT2D eigenvalue weighted by molar-refractivity contribution is -0.142. The van der Waals surface area contributed by atoms with E-state index in [2.05, 4.69) is 41.3 Å². The van der Waals surface area contributed by atoms with Crippen LogP contribution in [0.15, 0.2) is 30.3 Å². The maximum absolute atomic E-state index is 11.8. The zero-order chi connectivity index (χ0) is 17.3. The third kappa shape index (κ3) is 3.02. The van der Waals surface area contributed by atoms with E-state index in [1.165, 1.54) is 5.56 Å². The Bertz CT molecular complexity index is 895. The summed E-state index contributed by atoms with van der Waals surface area (Å²) in [5.41, 5.74) is 6.55. The summed E-state index contributed by atoms with van der Waals surface area (Å²) in [7, 11) is 0. The van der Waals surface area contributed by atoms with Crippen molar-refractivity contribution in [2.75, 3.05) is 6.61 Å². The van der Waals surface area contributed by atoms with Gasteiger partial charge in [0.05, 0.1) is 18.7 Å². The van der Waals surface area contributed by atoms with E-state index in [0.29, 0.717) is 6.61 Å². The number of ether oxygens (including phenoxy) is 1. The number of fused-ring (bicyclic) bond motifs is 1. The van der Waals surface area contributed by atoms with Crippen molar-refractivity contribution in [1.29, 1.82) is 0 Å². The van der Waals surface area contributed by atoms with E-state index in [4.69, 9.17) is 4.74 Å². The van der Waals surface area contributed by atoms with Gasteiger partial charge in [0.1, 0.15) is 0 Å². The number of nitrogens with zero attached hydrogens (tertiary/aromatic N) is 3. The minimum absolute atomic E-state index is 0.216. The van der Waals surface area contributed by atoms with Crippen LogP contribution in [0.3, 0.4) is 0 Å². The molecule has 0 aliphatic carbocycles. The fourth-order valence-electron chi connectivity index (χ4n) is 2.80. The Morgan fingerprint density at radius 2 is 1.88 bits per heavy atom. The summed E-state index contributed by atoms with van der Waals surface area (Å²) in [5, 5.41) is 4.67. The first-order valence-electron chi connectivity index (χ1n) is 8.08. The van der Waals surface area contributed by atoms with E-state index in [0.717, 1.165) is 33.9 Å². The summed E-state index contributed by atoms with van der Waals surface area (Å²) in [5.74, 6) is -0.240. The van der Waals surface area contributed by atoms with E-state index < -0.39 is 0 Å². The highest BCUT2D eigenvalue weighted by Gasteiger charge is 2.16. The van der Waals surface area contributed by atoms with Crippen molar-refractivity contribution in [3.8, 4) is 11.3 Å². The first-order valence-corrected chi connectivity index (χ1v) is 8.08. The van der Waals surface area contributed by atoms with Crippen molar-refractivity contribution in [2.45, 2.75) is 34.1 Å². The molecule has 0 fully saturated rings. The van der Waals surface area contributed by atoms with Crippen LogP contribution in [0, 0.1) is 20.8 Å². The number of aromatic nitrogens is 3. The summed E-state index contributed by atoms with van der Waals surface area (Å²) in [6.07, 6.45) is 0.216. The molecule has 0 aliphatic rings. The van der Waals surface area contributed by atoms with Crippen LogP contribution < -0.4 is 0 Å². The summed E-state index contributed by atoms with van der Waals surface area (Å²) in [6.45, 7) is 8.12. The molecule has 3 aromatic rings. The lowest BCUT2D eigenvalue weighted by atomic mass is 10.1. The quantitative estimate of drug-likeness (QED) is 0.690. The van der Waals surface area contributed by atoms with E-state index in [9.17, 15) is 4.79 Å². The van der Waals surface area contributed by atoms with E-state index in [1.54, 1.807) is 11.4 Å². The van der Waals surface area contributed by atoms with E-state index >= 15 is 0 Å². The van der Waals surface area contributed by atoms with Crippen LogP contribution in [-0.4, -0.2) is 27.2 Å². The molecule has 24 heavy (non-hydrogen) atoms. The third-order valence-electron chi connectivity index (χ3n) is 4.14. The lowest BCUT2D eigenvalue weighted by Gasteiger charge is -2.10. The molecule has 0 amide bonds. The number of benzene rings is 1. The van der Waals surface area contributed by atoms with Crippen LogP contribution >= 0.6 is 0 Å². The van der Waals surface area contributed by atoms with Crippen LogP contribution in [0.4, 0.5) is 0 Å². The Balaban J connectivity index is 2.05. The van der Waals surface area contributed by atoms with Gasteiger partial charge in [-0.3, -0.25) is 4.79 Å². The normalized spacial score (nSPS) is 11.0. The maximum Gasteiger partial charge on any atom is 0.310 e. The first kappa shape index (κ1) is 16.2. The third-order valence-corrected chi connectivity index (χ3v) is 4.14. The molecular formula is C19H21N3O2. The standard InChI is InChI=1S/C19H21N3O2/c1-5-24-19(23)10-16-13(3)20-18-11-17(21-22(18)14(16)4)15-8-6-12(2)7-9-15/h6-9,11H,5,10H2,1-4H3. The SMILES string of the molecule is CCOC(=O)Cc1c(C)nc2cc(-c3ccc(C)cc3)nn2c1C. The topological polar surface area (TPSA) is 56.5 Å². The average Bonchev–Trinajstić information content (AvgIpc) is 2.96. The van der Waals surface area contributed by atoms with Gasteiger partial charge in [-0.1, -0.05) is 29.8 Å². The smallest absolute Gasteiger partial charge is 0.310 e. The van der Waals surface area contributed by atoms with Gasteiger partial charge in [-0.15, -0.1) is 0 Å². The Kier molecular flexibility index (Phi) is 4.34. The highest BCUT2D eigenvalue weighted by molar-refractivity contribution is 5.73. The van der Waals surface area contributed by atoms with Gasteiger partial charge in [-0.2, -0.15) is 5.10 Å². The Labute approximate surface area is 141 Å². The second-order valence-corrected chi connectivity index (χ2v) is 5.91. The molecule has 124 valence electrons. The van der Waals surface area contributed by atoms with Gasteiger partial charge < -0.3 is 4.74 Å². The highest BCUT2D eigenvalue weighted by Crippen LogP contribution is 2.22. The molecule has 3 rings (SSSR count). The van der Waals surface area contributed by atoms with Crippen molar-refractivity contribution < 1.29 is 9.53 Å². The second kappa shape index (κ2) is 6.43. The predicted octanol–water partition coefficient (Wildman–Crippen LogP) is 3.43. The molecule has 0 atom stereocenters. The van der Waals surface area contributed by atoms with Crippen molar-refractivity contribution in [2.24, 2.45) is 0 Å². The minimum atomic E-state index is -0.240. The lowest BCUT2D eigenvalue weighted by Crippen LogP contribution is -2.13. The molecule has 1 aromatic carbocycles. The van der Waals surface area contributed by atoms with Gasteiger partial charge in [0.2, 0.25) is 0 Å². The fraction of sp³-hybridized carbons (Fsp3) is 0.316. The highest BCUT2D eigenvalue weighted by atomic mass is 16.5. The molecule has 0 saturated carbocycles. The van der Waals surface area contributed by atoms with E-state index in [-0.39, 0.29) is 12.4 Å². The molecule has 2 aromatic heterocycles. The van der Waals surface area contributed by atoms with Gasteiger partial charge in [-0.05, 0) is 27.7 Å². The molecule has 5 nitrogen and oxygen atoms in total. The predicted molar refractivity (Wildman–Crippen MR) is 93.0 cm³/mol. The summed E-state index contributed by atoms with van der Waals surface area (Å²) >= 11 is 0. The summed E-state index contributed by atoms with van der Waals surface area (Å²) in [4.78, 5) is 16.4. The molecule has 5 heteroatoms. The largest absolute Gasteiger partial charge is 0.466 e. The number of carbonyl (C=O) groups is 1. The Morgan fingerprint density at radius 3 is 2.54 bits per heavy atom. The first-order chi connectivity index (χ1) is 11.5. The molecule has 2 heterocycles. The summed E-state index contributed by atoms with van der Waals surface area (Å²) in [6, 6.07) is 10.2. The molecule has 0 spiro atoms. The average molecular weight is 323 g/mol. The Hall–Kier alpha value is -2.69. The second-order valence-electron chi connectivity index (χ2n) is 5.91. The molecule has 0 radical (unpaired) electrons. The molecule has 0 bridgehead atoms. The van der Waals surface area contributed by atoms with E-state index in [1.807, 2.05) is 19.9 Å². The fourth-order valence-corrected chi connectivity index (χ4v) is 2.80. The van der Waals surface area contributed by atoms with Crippen molar-refractivity contribution >= 4 is 11.6 Å².